The average molecular weight is 467 g/mol. The van der Waals surface area contributed by atoms with Crippen LogP contribution < -0.4 is 4.31 Å². The van der Waals surface area contributed by atoms with E-state index in [1.165, 1.54) is 28.6 Å². The molecule has 7 nitrogen and oxygen atoms in total. The number of para-hydroxylation sites is 1. The zero-order valence-corrected chi connectivity index (χ0v) is 19.8. The van der Waals surface area contributed by atoms with Crippen molar-refractivity contribution in [1.29, 1.82) is 0 Å². The number of hydrogen-bond acceptors (Lipinski definition) is 5. The molecule has 0 bridgehead atoms. The van der Waals surface area contributed by atoms with E-state index in [2.05, 4.69) is 0 Å². The summed E-state index contributed by atoms with van der Waals surface area (Å²) in [7, 11) is -2.02. The lowest BCUT2D eigenvalue weighted by Gasteiger charge is -2.24. The largest absolute Gasteiger partial charge is 0.454 e. The number of Topliss-reactive ketones (excluding diaryl/α,β-unsaturated/α-hetero) is 1. The number of benzene rings is 2. The molecule has 8 heteroatoms. The summed E-state index contributed by atoms with van der Waals surface area (Å²) in [5, 5.41) is 0. The Bertz CT molecular complexity index is 1360. The summed E-state index contributed by atoms with van der Waals surface area (Å²) in [6, 6.07) is 14.7. The average Bonchev–Trinajstić information content (AvgIpc) is 3.28. The summed E-state index contributed by atoms with van der Waals surface area (Å²) >= 11 is 0. The second kappa shape index (κ2) is 8.51. The summed E-state index contributed by atoms with van der Waals surface area (Å²) in [5.74, 6) is -1.06. The fourth-order valence-electron chi connectivity index (χ4n) is 4.23. The molecule has 1 aliphatic heterocycles. The van der Waals surface area contributed by atoms with Crippen molar-refractivity contribution in [2.75, 3.05) is 10.9 Å². The van der Waals surface area contributed by atoms with E-state index in [0.29, 0.717) is 17.7 Å². The maximum absolute atomic E-state index is 13.4. The minimum atomic E-state index is -3.88. The minimum absolute atomic E-state index is 0.00126. The molecular formula is C25H26N2O5S. The molecule has 0 radical (unpaired) electrons. The monoisotopic (exact) mass is 466 g/mol. The standard InChI is InChI=1S/C25H26N2O5S/c1-16-13-22(18(3)26(16)4)24(28)15-32-25(29)20-9-7-10-21(14-20)33(30,31)27-17(2)12-19-8-5-6-11-23(19)27/h5-11,13-14,17H,12,15H2,1-4H3/t17-/m1/s1. The summed E-state index contributed by atoms with van der Waals surface area (Å²) in [5.41, 5.74) is 3.91. The molecule has 0 N–H and O–H groups in total. The number of hydrogen-bond donors (Lipinski definition) is 0. The molecule has 1 atom stereocenters. The number of aromatic nitrogens is 1. The third-order valence-electron chi connectivity index (χ3n) is 6.18. The van der Waals surface area contributed by atoms with Crippen LogP contribution in [0.4, 0.5) is 5.69 Å². The second-order valence-corrected chi connectivity index (χ2v) is 10.2. The first-order chi connectivity index (χ1) is 15.6. The van der Waals surface area contributed by atoms with Crippen molar-refractivity contribution in [3.05, 3.63) is 82.7 Å². The van der Waals surface area contributed by atoms with Gasteiger partial charge in [0, 0.05) is 30.0 Å². The van der Waals surface area contributed by atoms with Gasteiger partial charge in [-0.15, -0.1) is 0 Å². The zero-order valence-electron chi connectivity index (χ0n) is 19.0. The van der Waals surface area contributed by atoms with E-state index in [0.717, 1.165) is 17.0 Å². The summed E-state index contributed by atoms with van der Waals surface area (Å²) in [4.78, 5) is 25.1. The number of nitrogens with zero attached hydrogens (tertiary/aromatic N) is 2. The molecule has 1 aliphatic rings. The summed E-state index contributed by atoms with van der Waals surface area (Å²) < 4.78 is 35.3. The van der Waals surface area contributed by atoms with Crippen LogP contribution in [-0.4, -0.2) is 37.4 Å². The Kier molecular flexibility index (Phi) is 5.88. The van der Waals surface area contributed by atoms with Crippen molar-refractivity contribution in [3.63, 3.8) is 0 Å². The predicted octanol–water partition coefficient (Wildman–Crippen LogP) is 3.82. The molecule has 0 spiro atoms. The van der Waals surface area contributed by atoms with E-state index in [-0.39, 0.29) is 22.3 Å². The van der Waals surface area contributed by atoms with Crippen molar-refractivity contribution in [2.45, 2.75) is 38.1 Å². The number of carbonyl (C=O) groups is 2. The van der Waals surface area contributed by atoms with Crippen LogP contribution in [0.1, 0.15) is 44.6 Å². The number of ether oxygens (including phenoxy) is 1. The van der Waals surface area contributed by atoms with E-state index in [9.17, 15) is 18.0 Å². The van der Waals surface area contributed by atoms with Crippen LogP contribution in [0.2, 0.25) is 0 Å². The van der Waals surface area contributed by atoms with Crippen LogP contribution in [-0.2, 0) is 28.2 Å². The number of ketones is 1. The van der Waals surface area contributed by atoms with Gasteiger partial charge in [0.05, 0.1) is 16.1 Å². The van der Waals surface area contributed by atoms with Crippen LogP contribution in [0.25, 0.3) is 0 Å². The maximum atomic E-state index is 13.4. The lowest BCUT2D eigenvalue weighted by atomic mass is 10.1. The lowest BCUT2D eigenvalue weighted by molar-refractivity contribution is 0.0474. The summed E-state index contributed by atoms with van der Waals surface area (Å²) in [6.45, 7) is 5.15. The molecule has 0 amide bonds. The number of esters is 1. The Hall–Kier alpha value is -3.39. The first kappa shape index (κ1) is 22.8. The van der Waals surface area contributed by atoms with Crippen molar-refractivity contribution < 1.29 is 22.7 Å². The first-order valence-electron chi connectivity index (χ1n) is 10.7. The topological polar surface area (TPSA) is 85.7 Å². The molecule has 0 unspecified atom stereocenters. The normalized spacial score (nSPS) is 15.4. The van der Waals surface area contributed by atoms with E-state index in [4.69, 9.17) is 4.74 Å². The van der Waals surface area contributed by atoms with E-state index >= 15 is 0 Å². The van der Waals surface area contributed by atoms with Crippen LogP contribution >= 0.6 is 0 Å². The Morgan fingerprint density at radius 1 is 1.06 bits per heavy atom. The van der Waals surface area contributed by atoms with Gasteiger partial charge in [-0.25, -0.2) is 13.2 Å². The van der Waals surface area contributed by atoms with Gasteiger partial charge in [-0.2, -0.15) is 0 Å². The molecule has 2 aromatic carbocycles. The van der Waals surface area contributed by atoms with Gasteiger partial charge in [-0.1, -0.05) is 24.3 Å². The van der Waals surface area contributed by atoms with Gasteiger partial charge in [0.1, 0.15) is 0 Å². The number of anilines is 1. The molecule has 4 rings (SSSR count). The Morgan fingerprint density at radius 3 is 2.48 bits per heavy atom. The molecule has 2 heterocycles. The number of carbonyl (C=O) groups excluding carboxylic acids is 2. The van der Waals surface area contributed by atoms with Crippen molar-refractivity contribution in [1.82, 2.24) is 4.57 Å². The van der Waals surface area contributed by atoms with Crippen molar-refractivity contribution in [2.24, 2.45) is 7.05 Å². The molecule has 0 aliphatic carbocycles. The van der Waals surface area contributed by atoms with Crippen molar-refractivity contribution >= 4 is 27.5 Å². The number of sulfonamides is 1. The number of aryl methyl sites for hydroxylation is 1. The van der Waals surface area contributed by atoms with Gasteiger partial charge in [-0.3, -0.25) is 9.10 Å². The Morgan fingerprint density at radius 2 is 1.79 bits per heavy atom. The van der Waals surface area contributed by atoms with Gasteiger partial charge in [0.25, 0.3) is 10.0 Å². The molecule has 172 valence electrons. The molecule has 0 fully saturated rings. The van der Waals surface area contributed by atoms with E-state index < -0.39 is 22.6 Å². The third-order valence-corrected chi connectivity index (χ3v) is 8.11. The van der Waals surface area contributed by atoms with E-state index in [1.807, 2.05) is 44.5 Å². The minimum Gasteiger partial charge on any atom is -0.454 e. The molecule has 0 saturated carbocycles. The van der Waals surface area contributed by atoms with Gasteiger partial charge in [0.15, 0.2) is 6.61 Å². The Balaban J connectivity index is 1.53. The molecule has 3 aromatic rings. The summed E-state index contributed by atoms with van der Waals surface area (Å²) in [6.07, 6.45) is 0.623. The van der Waals surface area contributed by atoms with Gasteiger partial charge < -0.3 is 9.30 Å². The smallest absolute Gasteiger partial charge is 0.338 e. The van der Waals surface area contributed by atoms with Gasteiger partial charge in [0.2, 0.25) is 5.78 Å². The maximum Gasteiger partial charge on any atom is 0.338 e. The number of rotatable bonds is 6. The zero-order chi connectivity index (χ0) is 23.9. The highest BCUT2D eigenvalue weighted by Crippen LogP contribution is 2.36. The fourth-order valence-corrected chi connectivity index (χ4v) is 5.97. The highest BCUT2D eigenvalue weighted by Gasteiger charge is 2.36. The van der Waals surface area contributed by atoms with Crippen LogP contribution in [0, 0.1) is 13.8 Å². The highest BCUT2D eigenvalue weighted by molar-refractivity contribution is 7.92. The molecule has 0 saturated heterocycles. The van der Waals surface area contributed by atoms with Crippen molar-refractivity contribution in [3.8, 4) is 0 Å². The number of fused-ring (bicyclic) bond motifs is 1. The van der Waals surface area contributed by atoms with Crippen LogP contribution in [0.5, 0.6) is 0 Å². The predicted molar refractivity (Wildman–Crippen MR) is 125 cm³/mol. The Labute approximate surface area is 193 Å². The highest BCUT2D eigenvalue weighted by atomic mass is 32.2. The second-order valence-electron chi connectivity index (χ2n) is 8.35. The first-order valence-corrected chi connectivity index (χ1v) is 12.1. The SMILES string of the molecule is Cc1cc(C(=O)COC(=O)c2cccc(S(=O)(=O)N3c4ccccc4C[C@H]3C)c2)c(C)n1C. The fraction of sp³-hybridized carbons (Fsp3) is 0.280. The van der Waals surface area contributed by atoms with Crippen LogP contribution in [0.3, 0.4) is 0 Å². The quantitative estimate of drug-likeness (QED) is 0.407. The molecule has 33 heavy (non-hydrogen) atoms. The van der Waals surface area contributed by atoms with Gasteiger partial charge >= 0.3 is 5.97 Å². The third kappa shape index (κ3) is 4.06. The van der Waals surface area contributed by atoms with Gasteiger partial charge in [-0.05, 0) is 63.1 Å². The van der Waals surface area contributed by atoms with Crippen LogP contribution in [0.15, 0.2) is 59.5 Å². The molecule has 1 aromatic heterocycles. The lowest BCUT2D eigenvalue weighted by Crippen LogP contribution is -2.35. The van der Waals surface area contributed by atoms with E-state index in [1.54, 1.807) is 18.2 Å². The molecular weight excluding hydrogens is 440 g/mol.